The Bertz CT molecular complexity index is 3910. The van der Waals surface area contributed by atoms with E-state index < -0.39 is 0 Å². The number of anilines is 3. The van der Waals surface area contributed by atoms with Gasteiger partial charge >= 0.3 is 0 Å². The molecule has 0 atom stereocenters. The van der Waals surface area contributed by atoms with Crippen molar-refractivity contribution in [2.75, 3.05) is 4.90 Å². The minimum Gasteiger partial charge on any atom is -0.309 e. The average Bonchev–Trinajstić information content (AvgIpc) is 3.91. The summed E-state index contributed by atoms with van der Waals surface area (Å²) in [5.74, 6) is 0. The summed E-state index contributed by atoms with van der Waals surface area (Å²) in [6.07, 6.45) is 0. The fourth-order valence-electron chi connectivity index (χ4n) is 10.0. The number of benzene rings is 11. The van der Waals surface area contributed by atoms with E-state index in [2.05, 4.69) is 240 Å². The van der Waals surface area contributed by atoms with Gasteiger partial charge in [0.05, 0.1) is 22.4 Å². The third-order valence-electron chi connectivity index (χ3n) is 12.9. The summed E-state index contributed by atoms with van der Waals surface area (Å²) >= 11 is 1.89. The normalized spacial score (nSPS) is 11.8. The van der Waals surface area contributed by atoms with Crippen molar-refractivity contribution in [3.63, 3.8) is 0 Å². The Labute approximate surface area is 368 Å². The number of thiophene rings is 1. The lowest BCUT2D eigenvalue weighted by Crippen LogP contribution is -2.11. The van der Waals surface area contributed by atoms with Crippen LogP contribution in [0.4, 0.5) is 17.1 Å². The molecule has 2 nitrogen and oxygen atoms in total. The van der Waals surface area contributed by atoms with E-state index in [1.165, 1.54) is 96.5 Å². The van der Waals surface area contributed by atoms with Crippen molar-refractivity contribution in [2.45, 2.75) is 0 Å². The summed E-state index contributed by atoms with van der Waals surface area (Å²) < 4.78 is 5.04. The zero-order valence-corrected chi connectivity index (χ0v) is 35.1. The number of para-hydroxylation sites is 1. The highest BCUT2D eigenvalue weighted by Gasteiger charge is 2.24. The molecule has 0 N–H and O–H groups in total. The van der Waals surface area contributed by atoms with Crippen LogP contribution in [0.2, 0.25) is 0 Å². The summed E-state index contributed by atoms with van der Waals surface area (Å²) in [4.78, 5) is 2.52. The molecule has 3 heteroatoms. The molecule has 0 radical (unpaired) electrons. The molecule has 0 aliphatic carbocycles. The van der Waals surface area contributed by atoms with E-state index in [1.807, 2.05) is 11.3 Å². The average molecular weight is 819 g/mol. The third-order valence-corrected chi connectivity index (χ3v) is 14.1. The molecule has 63 heavy (non-hydrogen) atoms. The third kappa shape index (κ3) is 5.71. The number of fused-ring (bicyclic) bond motifs is 10. The predicted octanol–water partition coefficient (Wildman–Crippen LogP) is 17.4. The van der Waals surface area contributed by atoms with E-state index in [4.69, 9.17) is 0 Å². The molecular weight excluding hydrogens is 781 g/mol. The van der Waals surface area contributed by atoms with Crippen LogP contribution in [0.3, 0.4) is 0 Å². The van der Waals surface area contributed by atoms with E-state index in [9.17, 15) is 0 Å². The highest BCUT2D eigenvalue weighted by molar-refractivity contribution is 7.26. The number of hydrogen-bond acceptors (Lipinski definition) is 2. The van der Waals surface area contributed by atoms with Crippen molar-refractivity contribution in [3.8, 4) is 27.9 Å². The minimum atomic E-state index is 1.10. The molecule has 0 aliphatic heterocycles. The maximum Gasteiger partial charge on any atom is 0.0562 e. The van der Waals surface area contributed by atoms with Crippen molar-refractivity contribution in [3.05, 3.63) is 231 Å². The fourth-order valence-corrected chi connectivity index (χ4v) is 11.3. The monoisotopic (exact) mass is 818 g/mol. The van der Waals surface area contributed by atoms with Gasteiger partial charge in [0.2, 0.25) is 0 Å². The summed E-state index contributed by atoms with van der Waals surface area (Å²) in [6.45, 7) is 0. The summed E-state index contributed by atoms with van der Waals surface area (Å²) in [7, 11) is 0. The molecule has 0 unspecified atom stereocenters. The van der Waals surface area contributed by atoms with Gasteiger partial charge in [0, 0.05) is 42.3 Å². The second-order valence-corrected chi connectivity index (χ2v) is 17.5. The topological polar surface area (TPSA) is 8.17 Å². The van der Waals surface area contributed by atoms with Crippen LogP contribution in [0.25, 0.3) is 102 Å². The Morgan fingerprint density at radius 3 is 1.84 bits per heavy atom. The lowest BCUT2D eigenvalue weighted by Gasteiger charge is -2.28. The minimum absolute atomic E-state index is 1.10. The van der Waals surface area contributed by atoms with Crippen molar-refractivity contribution < 1.29 is 0 Å². The molecule has 0 spiro atoms. The largest absolute Gasteiger partial charge is 0.309 e. The summed E-state index contributed by atoms with van der Waals surface area (Å²) in [6, 6.07) is 84.8. The summed E-state index contributed by atoms with van der Waals surface area (Å²) in [5.41, 5.74) is 11.7. The second-order valence-electron chi connectivity index (χ2n) is 16.5. The predicted molar refractivity (Wildman–Crippen MR) is 272 cm³/mol. The van der Waals surface area contributed by atoms with Crippen molar-refractivity contribution in [1.29, 1.82) is 0 Å². The smallest absolute Gasteiger partial charge is 0.0562 e. The number of hydrogen-bond donors (Lipinski definition) is 0. The zero-order chi connectivity index (χ0) is 41.4. The van der Waals surface area contributed by atoms with Crippen molar-refractivity contribution in [2.24, 2.45) is 0 Å². The van der Waals surface area contributed by atoms with E-state index >= 15 is 0 Å². The lowest BCUT2D eigenvalue weighted by molar-refractivity contribution is 1.18. The van der Waals surface area contributed by atoms with Crippen LogP contribution in [0.5, 0.6) is 0 Å². The zero-order valence-electron chi connectivity index (χ0n) is 34.2. The molecule has 11 aromatic carbocycles. The van der Waals surface area contributed by atoms with Gasteiger partial charge < -0.3 is 9.47 Å². The molecule has 0 saturated carbocycles. The SMILES string of the molecule is c1ccc(-c2cc(-c3ccc(N(c4cccc5sc6c7ccccc7ccc6c45)c4cccc5c4c4ccccc4n5-c4ccc5ccccc5c4)cc3)c3ccccc3c2)cc1. The molecular formula is C60H38N2S. The molecule has 0 fully saturated rings. The fraction of sp³-hybridized carbons (Fsp3) is 0. The van der Waals surface area contributed by atoms with E-state index in [0.29, 0.717) is 0 Å². The van der Waals surface area contributed by atoms with Crippen LogP contribution < -0.4 is 4.90 Å². The van der Waals surface area contributed by atoms with Crippen LogP contribution >= 0.6 is 11.3 Å². The van der Waals surface area contributed by atoms with Crippen LogP contribution in [0.1, 0.15) is 0 Å². The molecule has 0 aliphatic rings. The van der Waals surface area contributed by atoms with Gasteiger partial charge in [-0.2, -0.15) is 0 Å². The van der Waals surface area contributed by atoms with Crippen LogP contribution in [0.15, 0.2) is 231 Å². The first-order chi connectivity index (χ1) is 31.2. The maximum absolute atomic E-state index is 2.52. The van der Waals surface area contributed by atoms with Crippen molar-refractivity contribution in [1.82, 2.24) is 4.57 Å². The Morgan fingerprint density at radius 2 is 1.00 bits per heavy atom. The van der Waals surface area contributed by atoms with Gasteiger partial charge in [0.15, 0.2) is 0 Å². The second kappa shape index (κ2) is 14.3. The Balaban J connectivity index is 1.07. The molecule has 2 heterocycles. The van der Waals surface area contributed by atoms with Gasteiger partial charge in [-0.25, -0.2) is 0 Å². The quantitative estimate of drug-likeness (QED) is 0.162. The van der Waals surface area contributed by atoms with Gasteiger partial charge in [-0.05, 0) is 121 Å². The maximum atomic E-state index is 2.52. The number of aromatic nitrogens is 1. The number of rotatable bonds is 6. The molecule has 0 saturated heterocycles. The molecule has 13 rings (SSSR count). The van der Waals surface area contributed by atoms with Crippen LogP contribution in [-0.2, 0) is 0 Å². The van der Waals surface area contributed by atoms with Crippen molar-refractivity contribution >= 4 is 103 Å². The van der Waals surface area contributed by atoms with Crippen LogP contribution in [-0.4, -0.2) is 4.57 Å². The van der Waals surface area contributed by atoms with Crippen LogP contribution in [0, 0.1) is 0 Å². The van der Waals surface area contributed by atoms with E-state index in [-0.39, 0.29) is 0 Å². The Kier molecular flexibility index (Phi) is 8.12. The first-order valence-corrected chi connectivity index (χ1v) is 22.4. The summed E-state index contributed by atoms with van der Waals surface area (Å²) in [5, 5.41) is 12.5. The van der Waals surface area contributed by atoms with Gasteiger partial charge in [0.1, 0.15) is 0 Å². The standard InChI is InChI=1S/C60H38N2S/c1-2-14-39(15-3-1)45-36-44-19-7-8-20-48(44)52(38-45)42-29-32-46(33-30-42)61(56-26-13-27-57-59(56)51-35-31-41-17-6-9-21-49(41)60(51)63-57)54-24-12-25-55-58(54)50-22-10-11-23-53(50)62(55)47-34-28-40-16-4-5-18-43(40)37-47/h1-38H. The number of nitrogens with zero attached hydrogens (tertiary/aromatic N) is 2. The lowest BCUT2D eigenvalue weighted by atomic mass is 9.93. The van der Waals surface area contributed by atoms with Gasteiger partial charge in [-0.1, -0.05) is 164 Å². The highest BCUT2D eigenvalue weighted by Crippen LogP contribution is 2.50. The van der Waals surface area contributed by atoms with Gasteiger partial charge in [-0.15, -0.1) is 11.3 Å². The molecule has 0 bridgehead atoms. The molecule has 13 aromatic rings. The highest BCUT2D eigenvalue weighted by atomic mass is 32.1. The van der Waals surface area contributed by atoms with E-state index in [0.717, 1.165) is 22.7 Å². The first-order valence-electron chi connectivity index (χ1n) is 21.6. The van der Waals surface area contributed by atoms with E-state index in [1.54, 1.807) is 0 Å². The Hall–Kier alpha value is -7.98. The Morgan fingerprint density at radius 1 is 0.349 bits per heavy atom. The van der Waals surface area contributed by atoms with Gasteiger partial charge in [0.25, 0.3) is 0 Å². The molecule has 294 valence electrons. The van der Waals surface area contributed by atoms with Gasteiger partial charge in [-0.3, -0.25) is 0 Å². The molecule has 2 aromatic heterocycles. The molecule has 0 amide bonds. The first kappa shape index (κ1) is 35.7.